The highest BCUT2D eigenvalue weighted by Crippen LogP contribution is 2.25. The minimum atomic E-state index is -3.73. The second kappa shape index (κ2) is 14.4. The van der Waals surface area contributed by atoms with E-state index in [9.17, 15) is 18.0 Å². The maximum atomic E-state index is 14.0. The highest BCUT2D eigenvalue weighted by atomic mass is 32.2. The van der Waals surface area contributed by atoms with Crippen LogP contribution in [0.25, 0.3) is 0 Å². The van der Waals surface area contributed by atoms with Gasteiger partial charge in [-0.05, 0) is 28.7 Å². The van der Waals surface area contributed by atoms with Crippen LogP contribution in [0.5, 0.6) is 0 Å². The number of rotatable bonds is 13. The maximum absolute atomic E-state index is 14.0. The highest BCUT2D eigenvalue weighted by molar-refractivity contribution is 7.88. The molecule has 1 N–H and O–H groups in total. The molecule has 0 aliphatic carbocycles. The molecule has 4 rings (SSSR count). The highest BCUT2D eigenvalue weighted by Gasteiger charge is 2.33. The molecule has 1 unspecified atom stereocenters. The van der Waals surface area contributed by atoms with Crippen molar-refractivity contribution in [2.45, 2.75) is 25.6 Å². The molecule has 7 nitrogen and oxygen atoms in total. The molecule has 0 spiro atoms. The molecule has 4 aromatic carbocycles. The standard InChI is InChI=1S/C33H35N3O4S/c1-41(39,40)35(24-28-16-8-3-9-17-28)26-31(37)36(25-29-18-10-4-11-19-29)32(30-20-12-5-13-21-30)33(38)34-23-22-27-14-6-2-7-15-27/h2-21,32H,22-26H2,1H3,(H,34,38). The lowest BCUT2D eigenvalue weighted by atomic mass is 10.0. The molecule has 0 aliphatic heterocycles. The van der Waals surface area contributed by atoms with Gasteiger partial charge in [0.25, 0.3) is 0 Å². The van der Waals surface area contributed by atoms with E-state index in [0.717, 1.165) is 27.3 Å². The first-order valence-corrected chi connectivity index (χ1v) is 15.3. The number of benzene rings is 4. The maximum Gasteiger partial charge on any atom is 0.247 e. The molecule has 0 bridgehead atoms. The van der Waals surface area contributed by atoms with Gasteiger partial charge >= 0.3 is 0 Å². The lowest BCUT2D eigenvalue weighted by molar-refractivity contribution is -0.141. The number of nitrogens with one attached hydrogen (secondary N) is 1. The van der Waals surface area contributed by atoms with E-state index in [1.165, 1.54) is 4.90 Å². The van der Waals surface area contributed by atoms with Crippen LogP contribution in [0.1, 0.15) is 28.3 Å². The van der Waals surface area contributed by atoms with E-state index in [-0.39, 0.29) is 19.0 Å². The van der Waals surface area contributed by atoms with Crippen LogP contribution in [-0.4, -0.2) is 48.8 Å². The third-order valence-electron chi connectivity index (χ3n) is 6.73. The number of hydrogen-bond acceptors (Lipinski definition) is 4. The Morgan fingerprint density at radius 1 is 0.683 bits per heavy atom. The average molecular weight is 570 g/mol. The molecule has 1 atom stereocenters. The molecule has 8 heteroatoms. The Morgan fingerprint density at radius 3 is 1.66 bits per heavy atom. The molecular weight excluding hydrogens is 534 g/mol. The second-order valence-electron chi connectivity index (χ2n) is 9.86. The van der Waals surface area contributed by atoms with Crippen molar-refractivity contribution in [1.82, 2.24) is 14.5 Å². The molecule has 41 heavy (non-hydrogen) atoms. The fourth-order valence-electron chi connectivity index (χ4n) is 4.60. The summed E-state index contributed by atoms with van der Waals surface area (Å²) in [4.78, 5) is 29.3. The van der Waals surface area contributed by atoms with Gasteiger partial charge in [0.15, 0.2) is 0 Å². The third-order valence-corrected chi connectivity index (χ3v) is 7.93. The first-order chi connectivity index (χ1) is 19.8. The van der Waals surface area contributed by atoms with Gasteiger partial charge in [-0.1, -0.05) is 121 Å². The van der Waals surface area contributed by atoms with Gasteiger partial charge in [-0.2, -0.15) is 4.31 Å². The van der Waals surface area contributed by atoms with Crippen LogP contribution in [0.15, 0.2) is 121 Å². The van der Waals surface area contributed by atoms with Crippen LogP contribution in [-0.2, 0) is 39.1 Å². The number of carbonyl (C=O) groups is 2. The zero-order valence-corrected chi connectivity index (χ0v) is 23.9. The summed E-state index contributed by atoms with van der Waals surface area (Å²) in [5.74, 6) is -0.798. The molecule has 0 aliphatic rings. The normalized spacial score (nSPS) is 12.0. The molecule has 0 fully saturated rings. The largest absolute Gasteiger partial charge is 0.354 e. The molecule has 0 saturated heterocycles. The summed E-state index contributed by atoms with van der Waals surface area (Å²) in [5.41, 5.74) is 3.32. The molecular formula is C33H35N3O4S. The molecule has 0 saturated carbocycles. The minimum absolute atomic E-state index is 0.0455. The van der Waals surface area contributed by atoms with Crippen molar-refractivity contribution < 1.29 is 18.0 Å². The monoisotopic (exact) mass is 569 g/mol. The number of sulfonamides is 1. The molecule has 4 aromatic rings. The number of nitrogens with zero attached hydrogens (tertiary/aromatic N) is 2. The van der Waals surface area contributed by atoms with Crippen LogP contribution in [0.2, 0.25) is 0 Å². The Bertz CT molecular complexity index is 1500. The first-order valence-electron chi connectivity index (χ1n) is 13.5. The fraction of sp³-hybridized carbons (Fsp3) is 0.212. The lowest BCUT2D eigenvalue weighted by Crippen LogP contribution is -2.48. The molecule has 0 heterocycles. The van der Waals surface area contributed by atoms with Gasteiger partial charge in [-0.3, -0.25) is 9.59 Å². The Hall–Kier alpha value is -4.27. The van der Waals surface area contributed by atoms with Gasteiger partial charge in [0.05, 0.1) is 12.8 Å². The number of amides is 2. The second-order valence-corrected chi connectivity index (χ2v) is 11.8. The molecule has 0 radical (unpaired) electrons. The van der Waals surface area contributed by atoms with Crippen LogP contribution >= 0.6 is 0 Å². The van der Waals surface area contributed by atoms with Crippen LogP contribution in [0, 0.1) is 0 Å². The van der Waals surface area contributed by atoms with E-state index < -0.39 is 28.5 Å². The van der Waals surface area contributed by atoms with Crippen LogP contribution in [0.4, 0.5) is 0 Å². The topological polar surface area (TPSA) is 86.8 Å². The van der Waals surface area contributed by atoms with Gasteiger partial charge < -0.3 is 10.2 Å². The summed E-state index contributed by atoms with van der Waals surface area (Å²) in [6.07, 6.45) is 1.73. The SMILES string of the molecule is CS(=O)(=O)N(CC(=O)N(Cc1ccccc1)C(C(=O)NCCc1ccccc1)c1ccccc1)Cc1ccccc1. The van der Waals surface area contributed by atoms with Crippen molar-refractivity contribution in [3.05, 3.63) is 144 Å². The zero-order valence-electron chi connectivity index (χ0n) is 23.1. The smallest absolute Gasteiger partial charge is 0.247 e. The first kappa shape index (κ1) is 29.7. The predicted molar refractivity (Wildman–Crippen MR) is 161 cm³/mol. The van der Waals surface area contributed by atoms with Gasteiger partial charge in [0, 0.05) is 19.6 Å². The van der Waals surface area contributed by atoms with Crippen molar-refractivity contribution in [1.29, 1.82) is 0 Å². The van der Waals surface area contributed by atoms with Crippen molar-refractivity contribution in [2.24, 2.45) is 0 Å². The Kier molecular flexibility index (Phi) is 10.4. The molecule has 212 valence electrons. The Balaban J connectivity index is 1.64. The Morgan fingerprint density at radius 2 is 1.15 bits per heavy atom. The zero-order chi connectivity index (χ0) is 29.1. The summed E-state index contributed by atoms with van der Waals surface area (Å²) in [7, 11) is -3.73. The minimum Gasteiger partial charge on any atom is -0.354 e. The molecule has 0 aromatic heterocycles. The molecule has 2 amide bonds. The van der Waals surface area contributed by atoms with Crippen molar-refractivity contribution in [3.8, 4) is 0 Å². The quantitative estimate of drug-likeness (QED) is 0.256. The van der Waals surface area contributed by atoms with Crippen molar-refractivity contribution in [2.75, 3.05) is 19.3 Å². The van der Waals surface area contributed by atoms with E-state index in [4.69, 9.17) is 0 Å². The lowest BCUT2D eigenvalue weighted by Gasteiger charge is -2.33. The summed E-state index contributed by atoms with van der Waals surface area (Å²) >= 11 is 0. The van der Waals surface area contributed by atoms with Crippen molar-refractivity contribution in [3.63, 3.8) is 0 Å². The van der Waals surface area contributed by atoms with E-state index in [1.54, 1.807) is 0 Å². The van der Waals surface area contributed by atoms with Crippen LogP contribution < -0.4 is 5.32 Å². The van der Waals surface area contributed by atoms with Gasteiger partial charge in [-0.25, -0.2) is 8.42 Å². The van der Waals surface area contributed by atoms with E-state index in [2.05, 4.69) is 5.32 Å². The Labute approximate surface area is 242 Å². The summed E-state index contributed by atoms with van der Waals surface area (Å²) < 4.78 is 26.7. The summed E-state index contributed by atoms with van der Waals surface area (Å²) in [5, 5.41) is 3.01. The fourth-order valence-corrected chi connectivity index (χ4v) is 5.33. The number of hydrogen-bond donors (Lipinski definition) is 1. The van der Waals surface area contributed by atoms with Gasteiger partial charge in [0.2, 0.25) is 21.8 Å². The van der Waals surface area contributed by atoms with Crippen molar-refractivity contribution >= 4 is 21.8 Å². The van der Waals surface area contributed by atoms with E-state index in [1.807, 2.05) is 121 Å². The summed E-state index contributed by atoms with van der Waals surface area (Å²) in [6, 6.07) is 36.5. The number of carbonyl (C=O) groups excluding carboxylic acids is 2. The third kappa shape index (κ3) is 8.86. The predicted octanol–water partition coefficient (Wildman–Crippen LogP) is 4.58. The average Bonchev–Trinajstić information content (AvgIpc) is 2.98. The van der Waals surface area contributed by atoms with E-state index >= 15 is 0 Å². The summed E-state index contributed by atoms with van der Waals surface area (Å²) in [6.45, 7) is 0.169. The van der Waals surface area contributed by atoms with Crippen LogP contribution in [0.3, 0.4) is 0 Å². The van der Waals surface area contributed by atoms with Gasteiger partial charge in [-0.15, -0.1) is 0 Å². The van der Waals surface area contributed by atoms with E-state index in [0.29, 0.717) is 18.5 Å². The van der Waals surface area contributed by atoms with Gasteiger partial charge in [0.1, 0.15) is 6.04 Å².